The van der Waals surface area contributed by atoms with Gasteiger partial charge in [0.25, 0.3) is 0 Å². The van der Waals surface area contributed by atoms with Crippen LogP contribution in [-0.2, 0) is 0 Å². The van der Waals surface area contributed by atoms with Crippen LogP contribution in [0.4, 0.5) is 5.13 Å². The first-order valence-electron chi connectivity index (χ1n) is 5.34. The second-order valence-electron chi connectivity index (χ2n) is 4.30. The van der Waals surface area contributed by atoms with Crippen LogP contribution in [0.15, 0.2) is 0 Å². The summed E-state index contributed by atoms with van der Waals surface area (Å²) >= 11 is 1.74. The molecule has 4 heteroatoms. The van der Waals surface area contributed by atoms with E-state index in [0.717, 1.165) is 23.8 Å². The van der Waals surface area contributed by atoms with Crippen molar-refractivity contribution >= 4 is 16.5 Å². The summed E-state index contributed by atoms with van der Waals surface area (Å²) < 4.78 is 0. The monoisotopic (exact) mass is 227 g/mol. The maximum absolute atomic E-state index is 4.47. The van der Waals surface area contributed by atoms with Gasteiger partial charge in [0, 0.05) is 10.9 Å². The van der Waals surface area contributed by atoms with Gasteiger partial charge in [-0.1, -0.05) is 0 Å². The summed E-state index contributed by atoms with van der Waals surface area (Å²) in [5, 5.41) is 4.49. The van der Waals surface area contributed by atoms with Crippen molar-refractivity contribution in [3.8, 4) is 0 Å². The number of hydrogen-bond acceptors (Lipinski definition) is 4. The molecule has 0 saturated carbocycles. The molecule has 3 nitrogen and oxygen atoms in total. The number of aromatic nitrogens is 1. The molecule has 0 aliphatic heterocycles. The highest BCUT2D eigenvalue weighted by atomic mass is 32.1. The van der Waals surface area contributed by atoms with Crippen molar-refractivity contribution in [1.29, 1.82) is 0 Å². The molecule has 0 amide bonds. The molecule has 1 heterocycles. The van der Waals surface area contributed by atoms with Crippen molar-refractivity contribution in [2.24, 2.45) is 0 Å². The summed E-state index contributed by atoms with van der Waals surface area (Å²) in [6.07, 6.45) is 1.14. The summed E-state index contributed by atoms with van der Waals surface area (Å²) in [5.74, 6) is 0. The zero-order valence-corrected chi connectivity index (χ0v) is 11.1. The molecule has 1 N–H and O–H groups in total. The van der Waals surface area contributed by atoms with Crippen molar-refractivity contribution in [1.82, 2.24) is 9.88 Å². The van der Waals surface area contributed by atoms with E-state index in [-0.39, 0.29) is 0 Å². The van der Waals surface area contributed by atoms with Crippen molar-refractivity contribution in [3.63, 3.8) is 0 Å². The Kier molecular flexibility index (Phi) is 4.54. The second kappa shape index (κ2) is 5.47. The van der Waals surface area contributed by atoms with E-state index in [2.05, 4.69) is 50.1 Å². The van der Waals surface area contributed by atoms with E-state index in [1.165, 1.54) is 4.88 Å². The lowest BCUT2D eigenvalue weighted by Crippen LogP contribution is -2.22. The first kappa shape index (κ1) is 12.5. The number of anilines is 1. The highest BCUT2D eigenvalue weighted by molar-refractivity contribution is 7.15. The van der Waals surface area contributed by atoms with Crippen molar-refractivity contribution in [3.05, 3.63) is 10.6 Å². The number of hydrogen-bond donors (Lipinski definition) is 1. The average molecular weight is 227 g/mol. The van der Waals surface area contributed by atoms with Gasteiger partial charge in [-0.25, -0.2) is 4.98 Å². The lowest BCUT2D eigenvalue weighted by molar-refractivity contribution is 0.390. The van der Waals surface area contributed by atoms with E-state index in [0.29, 0.717) is 6.04 Å². The Hall–Kier alpha value is -0.610. The molecule has 1 aromatic rings. The van der Waals surface area contributed by atoms with Crippen molar-refractivity contribution in [2.75, 3.05) is 26.0 Å². The zero-order valence-electron chi connectivity index (χ0n) is 10.3. The number of nitrogens with zero attached hydrogens (tertiary/aromatic N) is 2. The third-order valence-electron chi connectivity index (χ3n) is 2.41. The fraction of sp³-hybridized carbons (Fsp3) is 0.727. The van der Waals surface area contributed by atoms with E-state index in [1.54, 1.807) is 11.3 Å². The maximum Gasteiger partial charge on any atom is 0.183 e. The zero-order chi connectivity index (χ0) is 11.4. The Balaban J connectivity index is 2.40. The summed E-state index contributed by atoms with van der Waals surface area (Å²) in [6.45, 7) is 7.48. The average Bonchev–Trinajstić information content (AvgIpc) is 2.42. The summed E-state index contributed by atoms with van der Waals surface area (Å²) in [6, 6.07) is 0.484. The van der Waals surface area contributed by atoms with Gasteiger partial charge in [0.2, 0.25) is 0 Å². The van der Waals surface area contributed by atoms with Gasteiger partial charge in [0.1, 0.15) is 0 Å². The van der Waals surface area contributed by atoms with Crippen LogP contribution >= 0.6 is 11.3 Å². The van der Waals surface area contributed by atoms with Crippen LogP contribution in [0.3, 0.4) is 0 Å². The van der Waals surface area contributed by atoms with Gasteiger partial charge < -0.3 is 10.2 Å². The quantitative estimate of drug-likeness (QED) is 0.838. The molecule has 86 valence electrons. The molecule has 0 spiro atoms. The molecular weight excluding hydrogens is 206 g/mol. The number of thiazole rings is 1. The SMILES string of the molecule is Cc1nc(NC(C)CCN(C)C)sc1C. The predicted octanol–water partition coefficient (Wildman–Crippen LogP) is 2.51. The van der Waals surface area contributed by atoms with Gasteiger partial charge in [-0.05, 0) is 47.8 Å². The molecule has 1 aromatic heterocycles. The third-order valence-corrected chi connectivity index (χ3v) is 3.41. The molecule has 15 heavy (non-hydrogen) atoms. The van der Waals surface area contributed by atoms with E-state index < -0.39 is 0 Å². The maximum atomic E-state index is 4.47. The molecule has 0 aliphatic carbocycles. The smallest absolute Gasteiger partial charge is 0.183 e. The molecule has 1 unspecified atom stereocenters. The summed E-state index contributed by atoms with van der Waals surface area (Å²) in [4.78, 5) is 7.98. The second-order valence-corrected chi connectivity index (χ2v) is 5.50. The van der Waals surface area contributed by atoms with Gasteiger partial charge in [0.05, 0.1) is 5.69 Å². The number of aryl methyl sites for hydroxylation is 2. The molecule has 0 aromatic carbocycles. The minimum absolute atomic E-state index is 0.484. The normalized spacial score (nSPS) is 13.2. The lowest BCUT2D eigenvalue weighted by atomic mass is 10.2. The van der Waals surface area contributed by atoms with Crippen LogP contribution < -0.4 is 5.32 Å². The summed E-state index contributed by atoms with van der Waals surface area (Å²) in [5.41, 5.74) is 1.14. The first-order chi connectivity index (χ1) is 6.99. The van der Waals surface area contributed by atoms with Gasteiger partial charge in [-0.2, -0.15) is 0 Å². The van der Waals surface area contributed by atoms with Crippen LogP contribution in [0.25, 0.3) is 0 Å². The third kappa shape index (κ3) is 4.18. The van der Waals surface area contributed by atoms with Crippen LogP contribution in [0.5, 0.6) is 0 Å². The van der Waals surface area contributed by atoms with Crippen molar-refractivity contribution < 1.29 is 0 Å². The van der Waals surface area contributed by atoms with Gasteiger partial charge in [0.15, 0.2) is 5.13 Å². The van der Waals surface area contributed by atoms with Crippen molar-refractivity contribution in [2.45, 2.75) is 33.2 Å². The lowest BCUT2D eigenvalue weighted by Gasteiger charge is -2.15. The van der Waals surface area contributed by atoms with Gasteiger partial charge in [-0.3, -0.25) is 0 Å². The van der Waals surface area contributed by atoms with Crippen LogP contribution in [-0.4, -0.2) is 36.6 Å². The molecule has 1 atom stereocenters. The fourth-order valence-corrected chi connectivity index (χ4v) is 2.20. The fourth-order valence-electron chi connectivity index (χ4n) is 1.27. The Labute approximate surface area is 96.5 Å². The highest BCUT2D eigenvalue weighted by Gasteiger charge is 2.07. The van der Waals surface area contributed by atoms with Crippen LogP contribution in [0.2, 0.25) is 0 Å². The minimum Gasteiger partial charge on any atom is -0.359 e. The van der Waals surface area contributed by atoms with E-state index in [1.807, 2.05) is 0 Å². The topological polar surface area (TPSA) is 28.2 Å². The van der Waals surface area contributed by atoms with Crippen LogP contribution in [0, 0.1) is 13.8 Å². The largest absolute Gasteiger partial charge is 0.359 e. The Morgan fingerprint density at radius 1 is 1.40 bits per heavy atom. The number of nitrogens with one attached hydrogen (secondary N) is 1. The van der Waals surface area contributed by atoms with Gasteiger partial charge in [-0.15, -0.1) is 11.3 Å². The highest BCUT2D eigenvalue weighted by Crippen LogP contribution is 2.22. The molecule has 0 fully saturated rings. The van der Waals surface area contributed by atoms with E-state index >= 15 is 0 Å². The Morgan fingerprint density at radius 3 is 2.53 bits per heavy atom. The number of rotatable bonds is 5. The molecule has 0 aliphatic rings. The molecule has 0 radical (unpaired) electrons. The van der Waals surface area contributed by atoms with Crippen LogP contribution in [0.1, 0.15) is 23.9 Å². The molecular formula is C11H21N3S. The Bertz CT molecular complexity index is 287. The predicted molar refractivity (Wildman–Crippen MR) is 67.8 cm³/mol. The molecule has 1 rings (SSSR count). The first-order valence-corrected chi connectivity index (χ1v) is 6.16. The minimum atomic E-state index is 0.484. The molecule has 0 bridgehead atoms. The Morgan fingerprint density at radius 2 is 2.07 bits per heavy atom. The van der Waals surface area contributed by atoms with E-state index in [9.17, 15) is 0 Å². The molecule has 0 saturated heterocycles. The van der Waals surface area contributed by atoms with Gasteiger partial charge >= 0.3 is 0 Å². The van der Waals surface area contributed by atoms with E-state index in [4.69, 9.17) is 0 Å². The standard InChI is InChI=1S/C11H21N3S/c1-8(6-7-14(4)5)12-11-13-9(2)10(3)15-11/h8H,6-7H2,1-5H3,(H,12,13). The summed E-state index contributed by atoms with van der Waals surface area (Å²) in [7, 11) is 4.20.